The van der Waals surface area contributed by atoms with Gasteiger partial charge >= 0.3 is 0 Å². The largest absolute Gasteiger partial charge is 0.468 e. The second kappa shape index (κ2) is 6.33. The summed E-state index contributed by atoms with van der Waals surface area (Å²) < 4.78 is 32.0. The van der Waals surface area contributed by atoms with E-state index in [9.17, 15) is 8.42 Å². The van der Waals surface area contributed by atoms with Gasteiger partial charge in [0.05, 0.1) is 12.8 Å². The number of hydrogen-bond acceptors (Lipinski definition) is 5. The summed E-state index contributed by atoms with van der Waals surface area (Å²) in [4.78, 5) is 0. The molecular weight excluding hydrogens is 284 g/mol. The summed E-state index contributed by atoms with van der Waals surface area (Å²) in [5.74, 6) is 0.591. The van der Waals surface area contributed by atoms with Crippen LogP contribution in [0, 0.1) is 0 Å². The molecule has 0 spiro atoms. The number of hydrogen-bond donors (Lipinski definition) is 2. The van der Waals surface area contributed by atoms with Crippen LogP contribution in [0.3, 0.4) is 0 Å². The van der Waals surface area contributed by atoms with E-state index < -0.39 is 10.0 Å². The van der Waals surface area contributed by atoms with E-state index >= 15 is 0 Å². The summed E-state index contributed by atoms with van der Waals surface area (Å²) in [6, 6.07) is 5.15. The molecule has 0 aromatic carbocycles. The average molecular weight is 300 g/mol. The van der Waals surface area contributed by atoms with Crippen LogP contribution >= 0.6 is 11.3 Å². The second-order valence-electron chi connectivity index (χ2n) is 3.96. The van der Waals surface area contributed by atoms with Crippen LogP contribution in [0.1, 0.15) is 18.2 Å². The number of thiophene rings is 1. The quantitative estimate of drug-likeness (QED) is 0.819. The molecule has 2 heterocycles. The molecular formula is C12H16N2O3S2. The molecule has 0 saturated carbocycles. The molecule has 0 bridgehead atoms. The molecule has 2 N–H and O–H groups in total. The van der Waals surface area contributed by atoms with Crippen LogP contribution < -0.4 is 10.0 Å². The highest BCUT2D eigenvalue weighted by Gasteiger charge is 2.16. The highest BCUT2D eigenvalue weighted by molar-refractivity contribution is 7.91. The van der Waals surface area contributed by atoms with Gasteiger partial charge in [-0.3, -0.25) is 0 Å². The van der Waals surface area contributed by atoms with Crippen LogP contribution in [0.15, 0.2) is 38.5 Å². The highest BCUT2D eigenvalue weighted by atomic mass is 32.2. The van der Waals surface area contributed by atoms with Gasteiger partial charge in [0.15, 0.2) is 0 Å². The van der Waals surface area contributed by atoms with Crippen molar-refractivity contribution in [2.45, 2.75) is 24.2 Å². The maximum Gasteiger partial charge on any atom is 0.250 e. The van der Waals surface area contributed by atoms with Crippen molar-refractivity contribution in [2.24, 2.45) is 0 Å². The maximum atomic E-state index is 12.1. The Morgan fingerprint density at radius 2 is 2.21 bits per heavy atom. The highest BCUT2D eigenvalue weighted by Crippen LogP contribution is 2.20. The lowest BCUT2D eigenvalue weighted by atomic mass is 10.3. The van der Waals surface area contributed by atoms with Crippen molar-refractivity contribution in [2.75, 3.05) is 6.54 Å². The van der Waals surface area contributed by atoms with Gasteiger partial charge < -0.3 is 9.73 Å². The van der Waals surface area contributed by atoms with Gasteiger partial charge in [-0.2, -0.15) is 0 Å². The summed E-state index contributed by atoms with van der Waals surface area (Å²) in [5.41, 5.74) is 0.977. The van der Waals surface area contributed by atoms with Gasteiger partial charge in [0.2, 0.25) is 10.0 Å². The smallest absolute Gasteiger partial charge is 0.250 e. The molecule has 0 saturated heterocycles. The Hall–Kier alpha value is -1.15. The number of nitrogens with one attached hydrogen (secondary N) is 2. The summed E-state index contributed by atoms with van der Waals surface area (Å²) >= 11 is 1.22. The first-order valence-corrected chi connectivity index (χ1v) is 8.28. The predicted molar refractivity (Wildman–Crippen MR) is 74.4 cm³/mol. The van der Waals surface area contributed by atoms with Crippen molar-refractivity contribution in [1.29, 1.82) is 0 Å². The first-order chi connectivity index (χ1) is 9.12. The minimum atomic E-state index is -3.46. The first-order valence-electron chi connectivity index (χ1n) is 5.92. The lowest BCUT2D eigenvalue weighted by molar-refractivity contribution is 0.499. The van der Waals surface area contributed by atoms with E-state index in [1.807, 2.05) is 12.3 Å². The van der Waals surface area contributed by atoms with Gasteiger partial charge in [-0.1, -0.05) is 6.92 Å². The normalized spacial score (nSPS) is 11.8. The SMILES string of the molecule is CCNCc1csc(S(=O)(=O)NCc2ccco2)c1. The predicted octanol–water partition coefficient (Wildman–Crippen LogP) is 1.93. The van der Waals surface area contributed by atoms with Crippen LogP contribution in [0.25, 0.3) is 0 Å². The molecule has 0 fully saturated rings. The van der Waals surface area contributed by atoms with E-state index in [1.54, 1.807) is 18.2 Å². The molecule has 2 aromatic heterocycles. The summed E-state index contributed by atoms with van der Waals surface area (Å²) in [7, 11) is -3.46. The summed E-state index contributed by atoms with van der Waals surface area (Å²) in [6.07, 6.45) is 1.52. The van der Waals surface area contributed by atoms with Gasteiger partial charge in [0.25, 0.3) is 0 Å². The van der Waals surface area contributed by atoms with Crippen molar-refractivity contribution >= 4 is 21.4 Å². The van der Waals surface area contributed by atoms with E-state index in [2.05, 4.69) is 10.0 Å². The molecule has 0 radical (unpaired) electrons. The third kappa shape index (κ3) is 3.90. The van der Waals surface area contributed by atoms with Gasteiger partial charge in [-0.05, 0) is 35.7 Å². The zero-order valence-electron chi connectivity index (χ0n) is 10.5. The van der Waals surface area contributed by atoms with Crippen LogP contribution in [-0.2, 0) is 23.1 Å². The van der Waals surface area contributed by atoms with E-state index in [1.165, 1.54) is 17.6 Å². The van der Waals surface area contributed by atoms with E-state index in [-0.39, 0.29) is 6.54 Å². The van der Waals surface area contributed by atoms with E-state index in [0.29, 0.717) is 16.5 Å². The monoisotopic (exact) mass is 300 g/mol. The Labute approximate surface area is 116 Å². The fourth-order valence-corrected chi connectivity index (χ4v) is 3.75. The Morgan fingerprint density at radius 1 is 1.37 bits per heavy atom. The molecule has 0 aliphatic carbocycles. The van der Waals surface area contributed by atoms with Gasteiger partial charge in [-0.15, -0.1) is 11.3 Å². The van der Waals surface area contributed by atoms with Crippen molar-refractivity contribution in [3.8, 4) is 0 Å². The molecule has 2 rings (SSSR count). The van der Waals surface area contributed by atoms with Gasteiger partial charge in [0.1, 0.15) is 9.97 Å². The summed E-state index contributed by atoms with van der Waals surface area (Å²) in [5, 5.41) is 5.01. The average Bonchev–Trinajstić information content (AvgIpc) is 3.05. The molecule has 104 valence electrons. The Bertz CT molecular complexity index is 603. The lowest BCUT2D eigenvalue weighted by Crippen LogP contribution is -2.22. The molecule has 2 aromatic rings. The topological polar surface area (TPSA) is 71.3 Å². The van der Waals surface area contributed by atoms with Crippen molar-refractivity contribution in [3.63, 3.8) is 0 Å². The summed E-state index contributed by atoms with van der Waals surface area (Å²) in [6.45, 7) is 3.71. The van der Waals surface area contributed by atoms with Crippen LogP contribution in [0.2, 0.25) is 0 Å². The molecule has 19 heavy (non-hydrogen) atoms. The Kier molecular flexibility index (Phi) is 4.76. The van der Waals surface area contributed by atoms with Crippen LogP contribution in [0.4, 0.5) is 0 Å². The molecule has 0 aliphatic heterocycles. The zero-order chi connectivity index (χ0) is 13.7. The molecule has 0 aliphatic rings. The van der Waals surface area contributed by atoms with E-state index in [4.69, 9.17) is 4.42 Å². The van der Waals surface area contributed by atoms with E-state index in [0.717, 1.165) is 12.1 Å². The van der Waals surface area contributed by atoms with Gasteiger partial charge in [-0.25, -0.2) is 13.1 Å². The molecule has 0 atom stereocenters. The lowest BCUT2D eigenvalue weighted by Gasteiger charge is -2.02. The second-order valence-corrected chi connectivity index (χ2v) is 6.86. The Morgan fingerprint density at radius 3 is 2.89 bits per heavy atom. The van der Waals surface area contributed by atoms with Crippen LogP contribution in [0.5, 0.6) is 0 Å². The maximum absolute atomic E-state index is 12.1. The molecule has 7 heteroatoms. The number of rotatable bonds is 7. The fourth-order valence-electron chi connectivity index (χ4n) is 1.51. The standard InChI is InChI=1S/C12H16N2O3S2/c1-2-13-7-10-6-12(18-9-10)19(15,16)14-8-11-4-3-5-17-11/h3-6,9,13-14H,2,7-8H2,1H3. The van der Waals surface area contributed by atoms with Crippen molar-refractivity contribution < 1.29 is 12.8 Å². The third-order valence-electron chi connectivity index (χ3n) is 2.49. The van der Waals surface area contributed by atoms with Crippen molar-refractivity contribution in [1.82, 2.24) is 10.0 Å². The minimum Gasteiger partial charge on any atom is -0.468 e. The Balaban J connectivity index is 2.00. The molecule has 0 unspecified atom stereocenters. The van der Waals surface area contributed by atoms with Crippen LogP contribution in [-0.4, -0.2) is 15.0 Å². The molecule has 0 amide bonds. The number of sulfonamides is 1. The zero-order valence-corrected chi connectivity index (χ0v) is 12.2. The first kappa shape index (κ1) is 14.3. The number of furan rings is 1. The third-order valence-corrected chi connectivity index (χ3v) is 5.38. The fraction of sp³-hybridized carbons (Fsp3) is 0.333. The molecule has 5 nitrogen and oxygen atoms in total. The minimum absolute atomic E-state index is 0.162. The van der Waals surface area contributed by atoms with Gasteiger partial charge in [0, 0.05) is 6.54 Å². The van der Waals surface area contributed by atoms with Crippen molar-refractivity contribution in [3.05, 3.63) is 41.2 Å².